The van der Waals surface area contributed by atoms with Gasteiger partial charge in [0.2, 0.25) is 0 Å². The Kier molecular flexibility index (Phi) is 4.85. The summed E-state index contributed by atoms with van der Waals surface area (Å²) in [5.74, 6) is 1.44. The number of furan rings is 1. The van der Waals surface area contributed by atoms with E-state index >= 15 is 0 Å². The first-order chi connectivity index (χ1) is 9.56. The molecule has 20 heavy (non-hydrogen) atoms. The van der Waals surface area contributed by atoms with Crippen molar-refractivity contribution in [2.24, 2.45) is 0 Å². The maximum atomic E-state index is 9.77. The van der Waals surface area contributed by atoms with Crippen molar-refractivity contribution in [3.05, 3.63) is 53.0 Å². The van der Waals surface area contributed by atoms with Crippen molar-refractivity contribution in [1.82, 2.24) is 5.32 Å². The van der Waals surface area contributed by atoms with Gasteiger partial charge in [0.25, 0.3) is 0 Å². The number of benzene rings is 1. The fraction of sp³-hybridized carbons (Fsp3) is 0.412. The molecule has 0 radical (unpaired) electrons. The lowest BCUT2D eigenvalue weighted by Crippen LogP contribution is -2.26. The highest BCUT2D eigenvalue weighted by Crippen LogP contribution is 2.22. The largest absolute Gasteiger partial charge is 0.507 e. The predicted octanol–water partition coefficient (Wildman–Crippen LogP) is 3.71. The zero-order chi connectivity index (χ0) is 14.5. The lowest BCUT2D eigenvalue weighted by molar-refractivity contribution is 0.457. The van der Waals surface area contributed by atoms with Crippen LogP contribution in [0.5, 0.6) is 5.75 Å². The van der Waals surface area contributed by atoms with Crippen LogP contribution in [-0.4, -0.2) is 11.1 Å². The van der Waals surface area contributed by atoms with Crippen molar-refractivity contribution in [2.45, 2.75) is 46.2 Å². The van der Waals surface area contributed by atoms with Crippen LogP contribution in [0.1, 0.15) is 35.8 Å². The summed E-state index contributed by atoms with van der Waals surface area (Å²) in [5, 5.41) is 13.3. The number of nitrogens with one attached hydrogen (secondary N) is 1. The molecule has 1 aromatic heterocycles. The van der Waals surface area contributed by atoms with Crippen LogP contribution in [0.3, 0.4) is 0 Å². The molecule has 0 fully saturated rings. The van der Waals surface area contributed by atoms with Gasteiger partial charge in [-0.2, -0.15) is 0 Å². The number of phenols is 1. The second-order valence-corrected chi connectivity index (χ2v) is 5.48. The minimum absolute atomic E-state index is 0.402. The van der Waals surface area contributed by atoms with Gasteiger partial charge in [0, 0.05) is 19.0 Å². The Morgan fingerprint density at radius 2 is 1.95 bits per heavy atom. The molecular weight excluding hydrogens is 250 g/mol. The number of hydrogen-bond donors (Lipinski definition) is 2. The summed E-state index contributed by atoms with van der Waals surface area (Å²) in [5.41, 5.74) is 3.08. The summed E-state index contributed by atoms with van der Waals surface area (Å²) in [6.07, 6.45) is 3.72. The normalized spacial score (nSPS) is 12.6. The second kappa shape index (κ2) is 6.62. The molecule has 3 nitrogen and oxygen atoms in total. The van der Waals surface area contributed by atoms with E-state index in [-0.39, 0.29) is 0 Å². The van der Waals surface area contributed by atoms with E-state index in [0.29, 0.717) is 11.8 Å². The van der Waals surface area contributed by atoms with Gasteiger partial charge in [-0.05, 0) is 56.0 Å². The van der Waals surface area contributed by atoms with Crippen LogP contribution >= 0.6 is 0 Å². The van der Waals surface area contributed by atoms with Crippen LogP contribution in [0.4, 0.5) is 0 Å². The molecule has 2 aromatic rings. The number of phenolic OH excluding ortho intramolecular Hbond substituents is 1. The molecule has 0 aliphatic rings. The number of hydrogen-bond acceptors (Lipinski definition) is 3. The average Bonchev–Trinajstić information content (AvgIpc) is 2.93. The standard InChI is InChI=1S/C17H23NO2/c1-12-9-15(10-13(2)17(12)19)11-18-14(3)6-7-16-5-4-8-20-16/h4-5,8-10,14,18-19H,6-7,11H2,1-3H3. The van der Waals surface area contributed by atoms with Crippen LogP contribution in [0.15, 0.2) is 34.9 Å². The fourth-order valence-corrected chi connectivity index (χ4v) is 2.36. The molecule has 2 rings (SSSR count). The quantitative estimate of drug-likeness (QED) is 0.843. The van der Waals surface area contributed by atoms with Gasteiger partial charge in [0.15, 0.2) is 0 Å². The average molecular weight is 273 g/mol. The Hall–Kier alpha value is -1.74. The van der Waals surface area contributed by atoms with Crippen molar-refractivity contribution in [1.29, 1.82) is 0 Å². The summed E-state index contributed by atoms with van der Waals surface area (Å²) < 4.78 is 5.34. The summed E-state index contributed by atoms with van der Waals surface area (Å²) in [6, 6.07) is 8.44. The van der Waals surface area contributed by atoms with E-state index in [4.69, 9.17) is 4.42 Å². The van der Waals surface area contributed by atoms with E-state index in [9.17, 15) is 5.11 Å². The van der Waals surface area contributed by atoms with Crippen LogP contribution in [-0.2, 0) is 13.0 Å². The van der Waals surface area contributed by atoms with Crippen molar-refractivity contribution in [2.75, 3.05) is 0 Å². The highest BCUT2D eigenvalue weighted by Gasteiger charge is 2.06. The van der Waals surface area contributed by atoms with Gasteiger partial charge in [0.1, 0.15) is 11.5 Å². The number of rotatable bonds is 6. The molecule has 3 heteroatoms. The third-order valence-corrected chi connectivity index (χ3v) is 3.61. The first-order valence-electron chi connectivity index (χ1n) is 7.11. The van der Waals surface area contributed by atoms with Gasteiger partial charge in [-0.3, -0.25) is 0 Å². The summed E-state index contributed by atoms with van der Waals surface area (Å²) in [6.45, 7) is 6.88. The van der Waals surface area contributed by atoms with Crippen molar-refractivity contribution in [3.63, 3.8) is 0 Å². The summed E-state index contributed by atoms with van der Waals surface area (Å²) >= 11 is 0. The van der Waals surface area contributed by atoms with Crippen molar-refractivity contribution < 1.29 is 9.52 Å². The number of aryl methyl sites for hydroxylation is 3. The van der Waals surface area contributed by atoms with Crippen LogP contribution in [0.2, 0.25) is 0 Å². The monoisotopic (exact) mass is 273 g/mol. The lowest BCUT2D eigenvalue weighted by atomic mass is 10.1. The van der Waals surface area contributed by atoms with E-state index in [1.54, 1.807) is 6.26 Å². The van der Waals surface area contributed by atoms with Crippen molar-refractivity contribution in [3.8, 4) is 5.75 Å². The van der Waals surface area contributed by atoms with Gasteiger partial charge >= 0.3 is 0 Å². The third kappa shape index (κ3) is 3.87. The molecule has 0 amide bonds. The Balaban J connectivity index is 1.82. The Bertz CT molecular complexity index is 523. The summed E-state index contributed by atoms with van der Waals surface area (Å²) in [4.78, 5) is 0. The highest BCUT2D eigenvalue weighted by molar-refractivity contribution is 5.42. The zero-order valence-electron chi connectivity index (χ0n) is 12.4. The molecule has 2 N–H and O–H groups in total. The topological polar surface area (TPSA) is 45.4 Å². The van der Waals surface area contributed by atoms with E-state index < -0.39 is 0 Å². The lowest BCUT2D eigenvalue weighted by Gasteiger charge is -2.14. The minimum Gasteiger partial charge on any atom is -0.507 e. The molecule has 1 unspecified atom stereocenters. The Morgan fingerprint density at radius 1 is 1.25 bits per heavy atom. The molecule has 0 spiro atoms. The van der Waals surface area contributed by atoms with E-state index in [2.05, 4.69) is 12.2 Å². The first-order valence-corrected chi connectivity index (χ1v) is 7.11. The van der Waals surface area contributed by atoms with Crippen molar-refractivity contribution >= 4 is 0 Å². The second-order valence-electron chi connectivity index (χ2n) is 5.48. The summed E-state index contributed by atoms with van der Waals surface area (Å²) in [7, 11) is 0. The van der Waals surface area contributed by atoms with Crippen LogP contribution in [0.25, 0.3) is 0 Å². The molecule has 0 saturated heterocycles. The molecule has 108 valence electrons. The highest BCUT2D eigenvalue weighted by atomic mass is 16.3. The van der Waals surface area contributed by atoms with Crippen LogP contribution in [0, 0.1) is 13.8 Å². The molecule has 0 aliphatic heterocycles. The SMILES string of the molecule is Cc1cc(CNC(C)CCc2ccco2)cc(C)c1O. The molecule has 1 aromatic carbocycles. The Labute approximate surface area is 120 Å². The van der Waals surface area contributed by atoms with Gasteiger partial charge in [0.05, 0.1) is 6.26 Å². The van der Waals surface area contributed by atoms with Gasteiger partial charge in [-0.1, -0.05) is 12.1 Å². The number of aromatic hydroxyl groups is 1. The van der Waals surface area contributed by atoms with E-state index in [0.717, 1.165) is 36.3 Å². The molecule has 0 aliphatic carbocycles. The minimum atomic E-state index is 0.402. The third-order valence-electron chi connectivity index (χ3n) is 3.61. The van der Waals surface area contributed by atoms with Gasteiger partial charge in [-0.15, -0.1) is 0 Å². The fourth-order valence-electron chi connectivity index (χ4n) is 2.36. The van der Waals surface area contributed by atoms with Gasteiger partial charge < -0.3 is 14.8 Å². The van der Waals surface area contributed by atoms with E-state index in [1.165, 1.54) is 5.56 Å². The molecular formula is C17H23NO2. The smallest absolute Gasteiger partial charge is 0.121 e. The maximum Gasteiger partial charge on any atom is 0.121 e. The predicted molar refractivity (Wildman–Crippen MR) is 80.9 cm³/mol. The van der Waals surface area contributed by atoms with Crippen LogP contribution < -0.4 is 5.32 Å². The van der Waals surface area contributed by atoms with Gasteiger partial charge in [-0.25, -0.2) is 0 Å². The molecule has 1 atom stereocenters. The zero-order valence-corrected chi connectivity index (χ0v) is 12.4. The maximum absolute atomic E-state index is 9.77. The molecule has 1 heterocycles. The van der Waals surface area contributed by atoms with E-state index in [1.807, 2.05) is 38.1 Å². The first kappa shape index (κ1) is 14.7. The Morgan fingerprint density at radius 3 is 2.55 bits per heavy atom. The molecule has 0 bridgehead atoms. The molecule has 0 saturated carbocycles.